The van der Waals surface area contributed by atoms with Crippen LogP contribution in [0.4, 0.5) is 0 Å². The van der Waals surface area contributed by atoms with Crippen LogP contribution in [0, 0.1) is 0 Å². The molecule has 3 heteroatoms. The molecular formula is C8H17NO2. The summed E-state index contributed by atoms with van der Waals surface area (Å²) in [5.74, 6) is 0. The van der Waals surface area contributed by atoms with Crippen LogP contribution in [0.25, 0.3) is 0 Å². The molecule has 66 valence electrons. The van der Waals surface area contributed by atoms with E-state index in [9.17, 15) is 0 Å². The molecule has 0 amide bonds. The minimum absolute atomic E-state index is 0.0946. The number of hydrogen-bond donors (Lipinski definition) is 0. The molecule has 0 aromatic heterocycles. The Balaban J connectivity index is 1.81. The van der Waals surface area contributed by atoms with E-state index in [0.717, 1.165) is 19.6 Å². The highest BCUT2D eigenvalue weighted by Gasteiger charge is 2.34. The Labute approximate surface area is 68.3 Å². The quantitative estimate of drug-likeness (QED) is 0.436. The summed E-state index contributed by atoms with van der Waals surface area (Å²) in [7, 11) is 4.13. The zero-order chi connectivity index (χ0) is 8.27. The van der Waals surface area contributed by atoms with E-state index in [2.05, 4.69) is 19.0 Å². The molecule has 0 N–H and O–H groups in total. The summed E-state index contributed by atoms with van der Waals surface area (Å²) < 4.78 is 10.5. The second-order valence-corrected chi connectivity index (χ2v) is 3.24. The van der Waals surface area contributed by atoms with Crippen molar-refractivity contribution in [3.05, 3.63) is 0 Å². The second kappa shape index (κ2) is 4.04. The van der Waals surface area contributed by atoms with Crippen molar-refractivity contribution in [1.82, 2.24) is 4.90 Å². The van der Waals surface area contributed by atoms with Gasteiger partial charge in [-0.2, -0.15) is 0 Å². The molecule has 1 fully saturated rings. The Morgan fingerprint density at radius 3 is 2.55 bits per heavy atom. The summed E-state index contributed by atoms with van der Waals surface area (Å²) in [6.07, 6.45) is 1.51. The van der Waals surface area contributed by atoms with Gasteiger partial charge in [0.05, 0.1) is 6.61 Å². The zero-order valence-corrected chi connectivity index (χ0v) is 7.54. The van der Waals surface area contributed by atoms with E-state index in [1.165, 1.54) is 0 Å². The van der Waals surface area contributed by atoms with Crippen LogP contribution in [0.2, 0.25) is 0 Å². The highest BCUT2D eigenvalue weighted by atomic mass is 16.8. The van der Waals surface area contributed by atoms with E-state index in [-0.39, 0.29) is 6.29 Å². The maximum absolute atomic E-state index is 5.37. The molecule has 1 heterocycles. The highest BCUT2D eigenvalue weighted by Crippen LogP contribution is 2.21. The van der Waals surface area contributed by atoms with Crippen molar-refractivity contribution in [2.75, 3.05) is 27.2 Å². The molecule has 0 bridgehead atoms. The molecule has 0 radical (unpaired) electrons. The Kier molecular flexibility index (Phi) is 3.30. The van der Waals surface area contributed by atoms with Gasteiger partial charge in [0.2, 0.25) is 0 Å². The van der Waals surface area contributed by atoms with Gasteiger partial charge in [-0.3, -0.25) is 0 Å². The van der Waals surface area contributed by atoms with Crippen molar-refractivity contribution in [3.63, 3.8) is 0 Å². The van der Waals surface area contributed by atoms with E-state index in [0.29, 0.717) is 6.10 Å². The van der Waals surface area contributed by atoms with Crippen LogP contribution in [0.5, 0.6) is 0 Å². The van der Waals surface area contributed by atoms with Crippen LogP contribution in [0.3, 0.4) is 0 Å². The maximum Gasteiger partial charge on any atom is 0.184 e. The van der Waals surface area contributed by atoms with E-state index < -0.39 is 0 Å². The molecule has 2 atom stereocenters. The number of hydrogen-bond acceptors (Lipinski definition) is 3. The standard InChI is InChI=1S/C8H17NO2/c1-7-8(11-7)10-6-4-5-9(2)3/h7-8H,4-6H2,1-3H3/t7-,8?/m0/s1. The highest BCUT2D eigenvalue weighted by molar-refractivity contribution is 4.70. The SMILES string of the molecule is C[C@@H]1OC1OCCCN(C)C. The molecule has 11 heavy (non-hydrogen) atoms. The average Bonchev–Trinajstić information content (AvgIpc) is 2.59. The third-order valence-electron chi connectivity index (χ3n) is 1.69. The van der Waals surface area contributed by atoms with E-state index >= 15 is 0 Å². The summed E-state index contributed by atoms with van der Waals surface area (Å²) >= 11 is 0. The molecule has 0 spiro atoms. The van der Waals surface area contributed by atoms with Crippen LogP contribution >= 0.6 is 0 Å². The molecule has 0 aliphatic carbocycles. The summed E-state index contributed by atoms with van der Waals surface area (Å²) in [5.41, 5.74) is 0. The maximum atomic E-state index is 5.37. The summed E-state index contributed by atoms with van der Waals surface area (Å²) in [6, 6.07) is 0. The van der Waals surface area contributed by atoms with Crippen molar-refractivity contribution in [2.24, 2.45) is 0 Å². The summed E-state index contributed by atoms with van der Waals surface area (Å²) in [5, 5.41) is 0. The smallest absolute Gasteiger partial charge is 0.184 e. The van der Waals surface area contributed by atoms with Gasteiger partial charge < -0.3 is 14.4 Å². The van der Waals surface area contributed by atoms with Crippen LogP contribution in [-0.4, -0.2) is 44.5 Å². The Hall–Kier alpha value is -0.120. The molecule has 0 aromatic carbocycles. The van der Waals surface area contributed by atoms with E-state index in [1.54, 1.807) is 0 Å². The molecule has 1 rings (SSSR count). The fraction of sp³-hybridized carbons (Fsp3) is 1.00. The van der Waals surface area contributed by atoms with Crippen molar-refractivity contribution in [2.45, 2.75) is 25.7 Å². The van der Waals surface area contributed by atoms with Gasteiger partial charge in [0.15, 0.2) is 6.29 Å². The van der Waals surface area contributed by atoms with Gasteiger partial charge in [-0.05, 0) is 34.0 Å². The first-order chi connectivity index (χ1) is 5.20. The van der Waals surface area contributed by atoms with Crippen LogP contribution < -0.4 is 0 Å². The van der Waals surface area contributed by atoms with E-state index in [4.69, 9.17) is 9.47 Å². The lowest BCUT2D eigenvalue weighted by Crippen LogP contribution is -2.15. The first-order valence-electron chi connectivity index (χ1n) is 4.12. The molecule has 1 aliphatic heterocycles. The first-order valence-corrected chi connectivity index (χ1v) is 4.12. The number of rotatable bonds is 5. The number of ether oxygens (including phenoxy) is 2. The van der Waals surface area contributed by atoms with Crippen molar-refractivity contribution in [1.29, 1.82) is 0 Å². The first kappa shape index (κ1) is 8.97. The van der Waals surface area contributed by atoms with Gasteiger partial charge in [0.25, 0.3) is 0 Å². The second-order valence-electron chi connectivity index (χ2n) is 3.24. The Bertz CT molecular complexity index is 117. The monoisotopic (exact) mass is 159 g/mol. The van der Waals surface area contributed by atoms with Crippen LogP contribution in [0.15, 0.2) is 0 Å². The van der Waals surface area contributed by atoms with Gasteiger partial charge in [-0.15, -0.1) is 0 Å². The molecule has 1 unspecified atom stereocenters. The minimum Gasteiger partial charge on any atom is -0.350 e. The number of nitrogens with zero attached hydrogens (tertiary/aromatic N) is 1. The molecule has 1 saturated heterocycles. The zero-order valence-electron chi connectivity index (χ0n) is 7.54. The summed E-state index contributed by atoms with van der Waals surface area (Å²) in [4.78, 5) is 2.15. The van der Waals surface area contributed by atoms with Crippen molar-refractivity contribution in [3.8, 4) is 0 Å². The van der Waals surface area contributed by atoms with E-state index in [1.807, 2.05) is 6.92 Å². The minimum atomic E-state index is 0.0946. The fourth-order valence-electron chi connectivity index (χ4n) is 0.921. The van der Waals surface area contributed by atoms with Crippen LogP contribution in [-0.2, 0) is 9.47 Å². The molecule has 1 aliphatic rings. The predicted octanol–water partition coefficient (Wildman–Crippen LogP) is 0.700. The summed E-state index contributed by atoms with van der Waals surface area (Å²) in [6.45, 7) is 3.92. The topological polar surface area (TPSA) is 25.0 Å². The average molecular weight is 159 g/mol. The van der Waals surface area contributed by atoms with Gasteiger partial charge in [0, 0.05) is 0 Å². The van der Waals surface area contributed by atoms with Crippen LogP contribution in [0.1, 0.15) is 13.3 Å². The van der Waals surface area contributed by atoms with Gasteiger partial charge in [-0.25, -0.2) is 0 Å². The Morgan fingerprint density at radius 1 is 1.45 bits per heavy atom. The predicted molar refractivity (Wildman–Crippen MR) is 43.5 cm³/mol. The number of epoxide rings is 1. The van der Waals surface area contributed by atoms with Gasteiger partial charge >= 0.3 is 0 Å². The van der Waals surface area contributed by atoms with Gasteiger partial charge in [0.1, 0.15) is 6.10 Å². The Morgan fingerprint density at radius 2 is 2.09 bits per heavy atom. The molecular weight excluding hydrogens is 142 g/mol. The normalized spacial score (nSPS) is 29.5. The largest absolute Gasteiger partial charge is 0.350 e. The van der Waals surface area contributed by atoms with Crippen molar-refractivity contribution < 1.29 is 9.47 Å². The lowest BCUT2D eigenvalue weighted by Gasteiger charge is -2.07. The van der Waals surface area contributed by atoms with Gasteiger partial charge in [-0.1, -0.05) is 0 Å². The fourth-order valence-corrected chi connectivity index (χ4v) is 0.921. The molecule has 0 aromatic rings. The molecule has 0 saturated carbocycles. The molecule has 3 nitrogen and oxygen atoms in total. The third-order valence-corrected chi connectivity index (χ3v) is 1.69. The lowest BCUT2D eigenvalue weighted by atomic mass is 10.4. The lowest BCUT2D eigenvalue weighted by molar-refractivity contribution is 0.0462. The third kappa shape index (κ3) is 3.70. The van der Waals surface area contributed by atoms with Crippen molar-refractivity contribution >= 4 is 0 Å².